The average molecular weight is 531 g/mol. The maximum Gasteiger partial charge on any atom is -0.0288 e. The molecule has 0 unspecified atom stereocenters. The van der Waals surface area contributed by atoms with Gasteiger partial charge in [-0.3, -0.25) is 0 Å². The summed E-state index contributed by atoms with van der Waals surface area (Å²) in [6.45, 7) is 32.4. The van der Waals surface area contributed by atoms with E-state index in [0.29, 0.717) is 10.8 Å². The first kappa shape index (κ1) is 39.4. The van der Waals surface area contributed by atoms with E-state index in [0.717, 1.165) is 17.8 Å². The molecule has 0 amide bonds. The highest BCUT2D eigenvalue weighted by Gasteiger charge is 2.13. The van der Waals surface area contributed by atoms with Crippen molar-refractivity contribution < 1.29 is 0 Å². The van der Waals surface area contributed by atoms with Crippen LogP contribution in [-0.2, 0) is 0 Å². The lowest BCUT2D eigenvalue weighted by atomic mass is 9.85. The van der Waals surface area contributed by atoms with Crippen molar-refractivity contribution in [2.75, 3.05) is 0 Å². The fourth-order valence-electron chi connectivity index (χ4n) is 4.48. The van der Waals surface area contributed by atoms with Gasteiger partial charge in [-0.2, -0.15) is 0 Å². The molecule has 0 bridgehead atoms. The van der Waals surface area contributed by atoms with Gasteiger partial charge >= 0.3 is 0 Å². The van der Waals surface area contributed by atoms with Gasteiger partial charge in [-0.1, -0.05) is 149 Å². The third-order valence-electron chi connectivity index (χ3n) is 7.45. The molecule has 0 radical (unpaired) electrons. The van der Waals surface area contributed by atoms with E-state index < -0.39 is 0 Å². The Balaban J connectivity index is 0. The summed E-state index contributed by atoms with van der Waals surface area (Å²) in [5.41, 5.74) is 5.41. The van der Waals surface area contributed by atoms with E-state index in [1.807, 2.05) is 0 Å². The Morgan fingerprint density at radius 1 is 0.553 bits per heavy atom. The van der Waals surface area contributed by atoms with Crippen LogP contribution < -0.4 is 0 Å². The molecule has 0 rings (SSSR count). The van der Waals surface area contributed by atoms with Gasteiger partial charge in [0.1, 0.15) is 0 Å². The lowest BCUT2D eigenvalue weighted by Crippen LogP contribution is -2.08. The van der Waals surface area contributed by atoms with Crippen molar-refractivity contribution in [3.63, 3.8) is 0 Å². The highest BCUT2D eigenvalue weighted by molar-refractivity contribution is 5.05. The van der Waals surface area contributed by atoms with Crippen LogP contribution in [0.1, 0.15) is 180 Å². The second-order valence-corrected chi connectivity index (χ2v) is 15.8. The minimum absolute atomic E-state index is 0.414. The smallest absolute Gasteiger partial charge is 0.0288 e. The Morgan fingerprint density at radius 3 is 1.45 bits per heavy atom. The average Bonchev–Trinajstić information content (AvgIpc) is 2.75. The van der Waals surface area contributed by atoms with E-state index in [1.54, 1.807) is 0 Å². The molecule has 0 aliphatic rings. The lowest BCUT2D eigenvalue weighted by molar-refractivity contribution is 0.314. The minimum Gasteiger partial charge on any atom is -0.0856 e. The van der Waals surface area contributed by atoms with Crippen LogP contribution in [0.4, 0.5) is 0 Å². The molecular formula is C38H74. The van der Waals surface area contributed by atoms with Crippen LogP contribution in [0, 0.1) is 28.6 Å². The predicted octanol–water partition coefficient (Wildman–Crippen LogP) is 13.9. The Morgan fingerprint density at radius 2 is 1.00 bits per heavy atom. The van der Waals surface area contributed by atoms with Gasteiger partial charge in [0.2, 0.25) is 0 Å². The van der Waals surface area contributed by atoms with E-state index in [1.165, 1.54) is 100 Å². The van der Waals surface area contributed by atoms with Crippen LogP contribution in [0.25, 0.3) is 0 Å². The van der Waals surface area contributed by atoms with Crippen LogP contribution >= 0.6 is 0 Å². The first-order chi connectivity index (χ1) is 17.4. The summed E-state index contributed by atoms with van der Waals surface area (Å²) in [7, 11) is 0. The van der Waals surface area contributed by atoms with Crippen molar-refractivity contribution in [3.05, 3.63) is 34.9 Å². The molecule has 0 aliphatic carbocycles. The highest BCUT2D eigenvalue weighted by Crippen LogP contribution is 2.27. The van der Waals surface area contributed by atoms with Crippen molar-refractivity contribution in [3.8, 4) is 0 Å². The lowest BCUT2D eigenvalue weighted by Gasteiger charge is -2.21. The normalized spacial score (nSPS) is 14.7. The molecule has 0 heteroatoms. The summed E-state index contributed by atoms with van der Waals surface area (Å²) in [5, 5.41) is 0. The van der Waals surface area contributed by atoms with Crippen molar-refractivity contribution in [2.45, 2.75) is 180 Å². The molecule has 226 valence electrons. The van der Waals surface area contributed by atoms with Gasteiger partial charge in [0.05, 0.1) is 0 Å². The summed E-state index contributed by atoms with van der Waals surface area (Å²) >= 11 is 0. The molecule has 2 atom stereocenters. The maximum atomic E-state index is 2.44. The van der Waals surface area contributed by atoms with Gasteiger partial charge in [-0.25, -0.2) is 0 Å². The van der Waals surface area contributed by atoms with E-state index >= 15 is 0 Å². The van der Waals surface area contributed by atoms with Crippen LogP contribution in [-0.4, -0.2) is 0 Å². The highest BCUT2D eigenvalue weighted by atomic mass is 14.2. The Bertz CT molecular complexity index is 637. The van der Waals surface area contributed by atoms with E-state index in [9.17, 15) is 0 Å². The van der Waals surface area contributed by atoms with Crippen LogP contribution in [0.2, 0.25) is 0 Å². The SMILES string of the molecule is CC(C)=CCC/C(C)=C/CC/C(C)=C/CC(C)(C)C.CC(C)CCC[C@H](C)CCC[C@H](C)CCC(C)(C)C. The molecule has 0 saturated heterocycles. The number of allylic oxidation sites excluding steroid dienone is 6. The van der Waals surface area contributed by atoms with Gasteiger partial charge in [0.25, 0.3) is 0 Å². The standard InChI is InChI=1S/C19H40.C19H34/c2*1-16(2)10-8-11-17(3)12-9-13-18(4)14-15-19(5,6)7/h16-18H,8-15H2,1-7H3;10,12,14H,8-9,11,13,15H2,1-7H3/b;17-12+,18-14+/t17-,18-;/m0./s1. The largest absolute Gasteiger partial charge is 0.0856 e. The molecule has 0 heterocycles. The Hall–Kier alpha value is -0.780. The van der Waals surface area contributed by atoms with Crippen molar-refractivity contribution in [2.24, 2.45) is 28.6 Å². The maximum absolute atomic E-state index is 2.44. The van der Waals surface area contributed by atoms with Crippen LogP contribution in [0.5, 0.6) is 0 Å². The van der Waals surface area contributed by atoms with Crippen molar-refractivity contribution in [1.29, 1.82) is 0 Å². The van der Waals surface area contributed by atoms with Gasteiger partial charge in [0.15, 0.2) is 0 Å². The number of hydrogen-bond acceptors (Lipinski definition) is 0. The first-order valence-electron chi connectivity index (χ1n) is 16.4. The molecule has 0 spiro atoms. The number of rotatable bonds is 17. The van der Waals surface area contributed by atoms with Gasteiger partial charge < -0.3 is 0 Å². The second kappa shape index (κ2) is 22.0. The Labute approximate surface area is 243 Å². The molecule has 0 aliphatic heterocycles. The second-order valence-electron chi connectivity index (χ2n) is 15.8. The van der Waals surface area contributed by atoms with Crippen LogP contribution in [0.15, 0.2) is 34.9 Å². The molecule has 0 aromatic rings. The first-order valence-corrected chi connectivity index (χ1v) is 16.4. The zero-order valence-electron chi connectivity index (χ0n) is 29.2. The quantitative estimate of drug-likeness (QED) is 0.164. The fraction of sp³-hybridized carbons (Fsp3) is 0.842. The molecule has 0 aromatic heterocycles. The molecule has 0 fully saturated rings. The fourth-order valence-corrected chi connectivity index (χ4v) is 4.48. The van der Waals surface area contributed by atoms with E-state index in [4.69, 9.17) is 0 Å². The summed E-state index contributed by atoms with van der Waals surface area (Å²) in [6.07, 6.45) is 24.5. The molecular weight excluding hydrogens is 456 g/mol. The van der Waals surface area contributed by atoms with Gasteiger partial charge in [-0.15, -0.1) is 0 Å². The third kappa shape index (κ3) is 33.2. The van der Waals surface area contributed by atoms with Crippen molar-refractivity contribution >= 4 is 0 Å². The number of hydrogen-bond donors (Lipinski definition) is 0. The van der Waals surface area contributed by atoms with Crippen molar-refractivity contribution in [1.82, 2.24) is 0 Å². The molecule has 0 aromatic carbocycles. The van der Waals surface area contributed by atoms with E-state index in [2.05, 4.69) is 115 Å². The summed E-state index contributed by atoms with van der Waals surface area (Å²) in [4.78, 5) is 0. The van der Waals surface area contributed by atoms with Gasteiger partial charge in [-0.05, 0) is 94.8 Å². The zero-order valence-corrected chi connectivity index (χ0v) is 29.2. The molecule has 0 saturated carbocycles. The predicted molar refractivity (Wildman–Crippen MR) is 179 cm³/mol. The molecule has 0 nitrogen and oxygen atoms in total. The molecule has 38 heavy (non-hydrogen) atoms. The molecule has 0 N–H and O–H groups in total. The summed E-state index contributed by atoms with van der Waals surface area (Å²) in [6, 6.07) is 0. The minimum atomic E-state index is 0.414. The zero-order chi connectivity index (χ0) is 29.8. The third-order valence-corrected chi connectivity index (χ3v) is 7.45. The monoisotopic (exact) mass is 531 g/mol. The summed E-state index contributed by atoms with van der Waals surface area (Å²) < 4.78 is 0. The van der Waals surface area contributed by atoms with Crippen LogP contribution in [0.3, 0.4) is 0 Å². The topological polar surface area (TPSA) is 0 Å². The van der Waals surface area contributed by atoms with Gasteiger partial charge in [0, 0.05) is 0 Å². The Kier molecular flexibility index (Phi) is 22.8. The van der Waals surface area contributed by atoms with E-state index in [-0.39, 0.29) is 0 Å². The summed E-state index contributed by atoms with van der Waals surface area (Å²) in [5.74, 6) is 2.74.